The number of carboxylic acids is 1. The van der Waals surface area contributed by atoms with Crippen LogP contribution in [-0.4, -0.2) is 82.8 Å². The lowest BCUT2D eigenvalue weighted by atomic mass is 9.98. The summed E-state index contributed by atoms with van der Waals surface area (Å²) in [5, 5.41) is 31.8. The first kappa shape index (κ1) is 45.4. The van der Waals surface area contributed by atoms with E-state index in [4.69, 9.17) is 38.8 Å². The van der Waals surface area contributed by atoms with Gasteiger partial charge in [0.2, 0.25) is 0 Å². The average Bonchev–Trinajstić information content (AvgIpc) is 3.14. The van der Waals surface area contributed by atoms with Crippen molar-refractivity contribution in [1.29, 1.82) is 0 Å². The number of nitrogens with two attached hydrogens (primary N) is 1. The Bertz CT molecular complexity index is 1910. The van der Waals surface area contributed by atoms with E-state index in [1.165, 1.54) is 0 Å². The van der Waals surface area contributed by atoms with Gasteiger partial charge in [-0.1, -0.05) is 96.0 Å². The normalized spacial score (nSPS) is 13.2. The number of carboxylic acid groups (broad SMARTS) is 1. The summed E-state index contributed by atoms with van der Waals surface area (Å²) in [4.78, 5) is 45.4. The van der Waals surface area contributed by atoms with Crippen molar-refractivity contribution >= 4 is 47.0 Å². The molecule has 16 heteroatoms. The SMILES string of the molecule is CCOC(=O)[C@H](O)C[C@H](N)Cc1ccc(-c2cccc(Cl)c2)cc1.O=C(O)C(=O)N[C@H](Cc1ccc(-c2cccc(Cl)c2)cc1)C[C@@H](O)C(=O)OCC(F)(F)F. The highest BCUT2D eigenvalue weighted by atomic mass is 35.5. The summed E-state index contributed by atoms with van der Waals surface area (Å²) in [6.07, 6.45) is -7.74. The van der Waals surface area contributed by atoms with Gasteiger partial charge in [-0.25, -0.2) is 14.4 Å². The van der Waals surface area contributed by atoms with Crippen LogP contribution in [0, 0.1) is 0 Å². The minimum Gasteiger partial charge on any atom is -0.474 e. The molecule has 0 aliphatic carbocycles. The van der Waals surface area contributed by atoms with Crippen LogP contribution < -0.4 is 11.1 Å². The van der Waals surface area contributed by atoms with Gasteiger partial charge in [0.25, 0.3) is 0 Å². The zero-order valence-corrected chi connectivity index (χ0v) is 31.6. The molecule has 4 atom stereocenters. The van der Waals surface area contributed by atoms with Gasteiger partial charge in [-0.15, -0.1) is 0 Å². The van der Waals surface area contributed by atoms with Crippen LogP contribution in [-0.2, 0) is 41.5 Å². The van der Waals surface area contributed by atoms with Gasteiger partial charge in [-0.3, -0.25) is 4.79 Å². The van der Waals surface area contributed by atoms with E-state index in [1.54, 1.807) is 49.4 Å². The summed E-state index contributed by atoms with van der Waals surface area (Å²) in [7, 11) is 0. The molecule has 0 radical (unpaired) electrons. The van der Waals surface area contributed by atoms with E-state index in [-0.39, 0.29) is 25.5 Å². The number of hydrogen-bond donors (Lipinski definition) is 5. The van der Waals surface area contributed by atoms with E-state index in [2.05, 4.69) is 10.1 Å². The molecule has 0 unspecified atom stereocenters. The number of carbonyl (C=O) groups is 4. The molecule has 6 N–H and O–H groups in total. The summed E-state index contributed by atoms with van der Waals surface area (Å²) >= 11 is 12.0. The molecule has 0 saturated carbocycles. The third-order valence-electron chi connectivity index (χ3n) is 7.98. The molecule has 4 aromatic rings. The molecule has 0 heterocycles. The van der Waals surface area contributed by atoms with Crippen LogP contribution in [0.25, 0.3) is 22.3 Å². The molecule has 0 aliphatic rings. The van der Waals surface area contributed by atoms with Gasteiger partial charge in [-0.2, -0.15) is 13.2 Å². The molecule has 300 valence electrons. The molecular formula is C40H41Cl2F3N2O9. The molecule has 0 aliphatic heterocycles. The number of carbonyl (C=O) groups excluding carboxylic acids is 3. The predicted octanol–water partition coefficient (Wildman–Crippen LogP) is 6.17. The number of alkyl halides is 3. The molecule has 56 heavy (non-hydrogen) atoms. The summed E-state index contributed by atoms with van der Waals surface area (Å²) in [5.41, 5.74) is 11.5. The van der Waals surface area contributed by atoms with Crippen LogP contribution in [0.15, 0.2) is 97.1 Å². The van der Waals surface area contributed by atoms with Crippen molar-refractivity contribution in [2.45, 2.75) is 63.1 Å². The third-order valence-corrected chi connectivity index (χ3v) is 8.45. The molecule has 0 aromatic heterocycles. The van der Waals surface area contributed by atoms with Gasteiger partial charge in [-0.05, 0) is 83.8 Å². The van der Waals surface area contributed by atoms with E-state index < -0.39 is 61.3 Å². The van der Waals surface area contributed by atoms with E-state index >= 15 is 0 Å². The Hall–Kier alpha value is -4.99. The first-order valence-electron chi connectivity index (χ1n) is 17.2. The Balaban J connectivity index is 0.000000313. The van der Waals surface area contributed by atoms with Crippen LogP contribution in [0.4, 0.5) is 13.2 Å². The Morgan fingerprint density at radius 1 is 0.714 bits per heavy atom. The number of esters is 2. The monoisotopic (exact) mass is 820 g/mol. The number of hydrogen-bond acceptors (Lipinski definition) is 9. The molecule has 0 fully saturated rings. The summed E-state index contributed by atoms with van der Waals surface area (Å²) in [6.45, 7) is 0.0716. The molecule has 0 bridgehead atoms. The van der Waals surface area contributed by atoms with Gasteiger partial charge >= 0.3 is 30.0 Å². The van der Waals surface area contributed by atoms with Gasteiger partial charge in [0.05, 0.1) is 6.61 Å². The summed E-state index contributed by atoms with van der Waals surface area (Å²) in [5.74, 6) is -5.33. The first-order chi connectivity index (χ1) is 26.4. The number of aliphatic hydroxyl groups excluding tert-OH is 2. The number of halogens is 5. The zero-order chi connectivity index (χ0) is 41.4. The van der Waals surface area contributed by atoms with Crippen LogP contribution in [0.2, 0.25) is 10.0 Å². The van der Waals surface area contributed by atoms with Crippen molar-refractivity contribution < 1.29 is 57.1 Å². The number of nitrogens with one attached hydrogen (secondary N) is 1. The highest BCUT2D eigenvalue weighted by molar-refractivity contribution is 6.31. The smallest absolute Gasteiger partial charge is 0.422 e. The lowest BCUT2D eigenvalue weighted by Gasteiger charge is -2.21. The minimum absolute atomic E-state index is 0.00153. The van der Waals surface area contributed by atoms with Crippen LogP contribution in [0.5, 0.6) is 0 Å². The van der Waals surface area contributed by atoms with E-state index in [0.717, 1.165) is 27.8 Å². The van der Waals surface area contributed by atoms with Gasteiger partial charge in [0, 0.05) is 28.5 Å². The van der Waals surface area contributed by atoms with Crippen LogP contribution in [0.3, 0.4) is 0 Å². The highest BCUT2D eigenvalue weighted by Gasteiger charge is 2.32. The lowest BCUT2D eigenvalue weighted by molar-refractivity contribution is -0.192. The number of aliphatic carboxylic acids is 1. The van der Waals surface area contributed by atoms with Gasteiger partial charge in [0.15, 0.2) is 18.8 Å². The molecule has 1 amide bonds. The number of rotatable bonds is 15. The van der Waals surface area contributed by atoms with Crippen molar-refractivity contribution in [3.63, 3.8) is 0 Å². The summed E-state index contributed by atoms with van der Waals surface area (Å²) in [6, 6.07) is 28.3. The molecule has 11 nitrogen and oxygen atoms in total. The van der Waals surface area contributed by atoms with E-state index in [1.807, 2.05) is 54.6 Å². The molecule has 4 aromatic carbocycles. The third kappa shape index (κ3) is 16.0. The Labute approximate surface area is 331 Å². The van der Waals surface area contributed by atoms with Crippen molar-refractivity contribution in [3.05, 3.63) is 118 Å². The highest BCUT2D eigenvalue weighted by Crippen LogP contribution is 2.25. The predicted molar refractivity (Wildman–Crippen MR) is 204 cm³/mol. The maximum absolute atomic E-state index is 12.2. The second-order valence-corrected chi connectivity index (χ2v) is 13.4. The Kier molecular flexibility index (Phi) is 17.8. The Morgan fingerprint density at radius 3 is 1.62 bits per heavy atom. The quantitative estimate of drug-likeness (QED) is 0.0687. The van der Waals surface area contributed by atoms with Gasteiger partial charge in [0.1, 0.15) is 0 Å². The number of benzene rings is 4. The van der Waals surface area contributed by atoms with E-state index in [9.17, 15) is 42.6 Å². The lowest BCUT2D eigenvalue weighted by Crippen LogP contribution is -2.43. The molecule has 0 saturated heterocycles. The average molecular weight is 822 g/mol. The zero-order valence-electron chi connectivity index (χ0n) is 30.0. The summed E-state index contributed by atoms with van der Waals surface area (Å²) < 4.78 is 45.3. The maximum atomic E-state index is 12.2. The molecular weight excluding hydrogens is 780 g/mol. The van der Waals surface area contributed by atoms with Crippen molar-refractivity contribution in [2.75, 3.05) is 13.2 Å². The van der Waals surface area contributed by atoms with Crippen LogP contribution in [0.1, 0.15) is 30.9 Å². The fourth-order valence-corrected chi connectivity index (χ4v) is 5.73. The Morgan fingerprint density at radius 2 is 1.18 bits per heavy atom. The maximum Gasteiger partial charge on any atom is 0.422 e. The number of ether oxygens (including phenoxy) is 2. The second kappa shape index (κ2) is 21.9. The fourth-order valence-electron chi connectivity index (χ4n) is 5.35. The van der Waals surface area contributed by atoms with Crippen molar-refractivity contribution in [1.82, 2.24) is 5.32 Å². The standard InChI is InChI=1S/C21H19ClF3NO6.C19H22ClNO3/c22-15-3-1-2-14(9-15)13-6-4-12(5-7-13)8-16(26-18(28)19(29)30)10-17(27)20(31)32-11-21(23,24)25;1-2-24-19(23)18(22)12-17(21)10-13-6-8-14(9-7-13)15-4-3-5-16(20)11-15/h1-7,9,16-17,27H,8,10-11H2,(H,26,28)(H,29,30);3-9,11,17-18,22H,2,10,12,21H2,1H3/t16-,17-;17-,18-/m11/s1. The largest absolute Gasteiger partial charge is 0.474 e. The first-order valence-corrected chi connectivity index (χ1v) is 17.9. The second-order valence-electron chi connectivity index (χ2n) is 12.5. The minimum atomic E-state index is -4.77. The van der Waals surface area contributed by atoms with Crippen molar-refractivity contribution in [2.24, 2.45) is 5.73 Å². The fraction of sp³-hybridized carbons (Fsp3) is 0.300. The number of amides is 1. The topological polar surface area (TPSA) is 185 Å². The van der Waals surface area contributed by atoms with Crippen molar-refractivity contribution in [3.8, 4) is 22.3 Å². The van der Waals surface area contributed by atoms with Crippen LogP contribution >= 0.6 is 23.2 Å². The van der Waals surface area contributed by atoms with Gasteiger partial charge < -0.3 is 35.8 Å². The molecule has 0 spiro atoms. The van der Waals surface area contributed by atoms with E-state index in [0.29, 0.717) is 22.0 Å². The number of aliphatic hydroxyl groups is 2. The molecule has 4 rings (SSSR count).